The van der Waals surface area contributed by atoms with Gasteiger partial charge in [-0.2, -0.15) is 0 Å². The molecule has 0 saturated heterocycles. The van der Waals surface area contributed by atoms with Gasteiger partial charge in [-0.05, 0) is 70.6 Å². The number of likely N-dealkylation sites (N-methyl/N-ethyl adjacent to an activating group) is 1. The topological polar surface area (TPSA) is 105 Å². The first kappa shape index (κ1) is 80.2. The lowest BCUT2D eigenvalue weighted by atomic mass is 10.0. The average Bonchev–Trinajstić information content (AvgIpc) is 3.47. The smallest absolute Gasteiger partial charge is 0.387 e. The highest BCUT2D eigenvalue weighted by molar-refractivity contribution is 7.47. The normalized spacial score (nSPS) is 14.0. The number of carbonyl (C=O) groups is 1. The van der Waals surface area contributed by atoms with E-state index in [1.54, 1.807) is 6.08 Å². The lowest BCUT2D eigenvalue weighted by molar-refractivity contribution is -0.870. The highest BCUT2D eigenvalue weighted by Crippen LogP contribution is 2.43. The number of amides is 1. The Bertz CT molecular complexity index is 1520. The number of aliphatic hydroxyl groups is 1. The van der Waals surface area contributed by atoms with E-state index >= 15 is 0 Å². The zero-order valence-electron chi connectivity index (χ0n) is 55.2. The Hall–Kier alpha value is -1.80. The van der Waals surface area contributed by atoms with Crippen molar-refractivity contribution in [2.24, 2.45) is 0 Å². The number of phosphoric acid groups is 1. The number of nitrogens with one attached hydrogen (secondary N) is 1. The Labute approximate surface area is 511 Å². The molecule has 3 unspecified atom stereocenters. The fourth-order valence-electron chi connectivity index (χ4n) is 10.7. The molecular weight excluding hydrogens is 1030 g/mol. The maximum atomic E-state index is 13.0. The predicted octanol–water partition coefficient (Wildman–Crippen LogP) is 22.8. The number of carbonyl (C=O) groups excluding carboxylic acids is 1. The molecule has 8 nitrogen and oxygen atoms in total. The molecule has 1 amide bonds. The zero-order valence-corrected chi connectivity index (χ0v) is 56.1. The third-order valence-electron chi connectivity index (χ3n) is 16.2. The molecule has 3 atom stereocenters. The summed E-state index contributed by atoms with van der Waals surface area (Å²) in [5.74, 6) is -0.181. The van der Waals surface area contributed by atoms with Crippen molar-refractivity contribution in [2.75, 3.05) is 40.9 Å². The summed E-state index contributed by atoms with van der Waals surface area (Å²) in [6, 6.07) is -0.865. The quantitative estimate of drug-likeness (QED) is 0.0243. The maximum absolute atomic E-state index is 13.0. The Balaban J connectivity index is 4.02. The van der Waals surface area contributed by atoms with Crippen LogP contribution in [0.25, 0.3) is 0 Å². The third-order valence-corrected chi connectivity index (χ3v) is 17.2. The maximum Gasteiger partial charge on any atom is 0.472 e. The summed E-state index contributed by atoms with van der Waals surface area (Å²) in [5.41, 5.74) is 0. The van der Waals surface area contributed by atoms with Gasteiger partial charge in [0.25, 0.3) is 0 Å². The van der Waals surface area contributed by atoms with Gasteiger partial charge in [0.1, 0.15) is 13.2 Å². The van der Waals surface area contributed by atoms with E-state index in [-0.39, 0.29) is 19.1 Å². The van der Waals surface area contributed by atoms with Crippen molar-refractivity contribution in [2.45, 2.75) is 360 Å². The summed E-state index contributed by atoms with van der Waals surface area (Å²) in [4.78, 5) is 23.4. The Morgan fingerprint density at radius 1 is 0.415 bits per heavy atom. The molecule has 82 heavy (non-hydrogen) atoms. The van der Waals surface area contributed by atoms with Crippen LogP contribution in [0.2, 0.25) is 0 Å². The molecular formula is C73H140N2O6P+. The summed E-state index contributed by atoms with van der Waals surface area (Å²) >= 11 is 0. The molecule has 0 aromatic heterocycles. The van der Waals surface area contributed by atoms with Crippen LogP contribution >= 0.6 is 7.82 Å². The van der Waals surface area contributed by atoms with Crippen LogP contribution in [-0.2, 0) is 18.4 Å². The highest BCUT2D eigenvalue weighted by atomic mass is 31.2. The summed E-state index contributed by atoms with van der Waals surface area (Å²) in [5, 5.41) is 14.0. The molecule has 0 rings (SSSR count). The number of hydrogen-bond acceptors (Lipinski definition) is 5. The number of nitrogens with zero attached hydrogens (tertiary/aromatic N) is 1. The molecule has 482 valence electrons. The van der Waals surface area contributed by atoms with Crippen molar-refractivity contribution in [3.05, 3.63) is 60.8 Å². The van der Waals surface area contributed by atoms with Gasteiger partial charge < -0.3 is 19.8 Å². The van der Waals surface area contributed by atoms with Crippen LogP contribution in [0, 0.1) is 0 Å². The van der Waals surface area contributed by atoms with Crippen molar-refractivity contribution in [3.8, 4) is 0 Å². The molecule has 0 aliphatic heterocycles. The minimum Gasteiger partial charge on any atom is -0.387 e. The fourth-order valence-corrected chi connectivity index (χ4v) is 11.4. The fraction of sp³-hybridized carbons (Fsp3) is 0.849. The van der Waals surface area contributed by atoms with E-state index in [1.807, 2.05) is 27.2 Å². The summed E-state index contributed by atoms with van der Waals surface area (Å²) in [6.07, 6.45) is 88.1. The van der Waals surface area contributed by atoms with E-state index in [0.717, 1.165) is 51.4 Å². The molecule has 0 aliphatic carbocycles. The monoisotopic (exact) mass is 1170 g/mol. The van der Waals surface area contributed by atoms with E-state index in [2.05, 4.69) is 67.8 Å². The largest absolute Gasteiger partial charge is 0.472 e. The van der Waals surface area contributed by atoms with E-state index in [9.17, 15) is 19.4 Å². The van der Waals surface area contributed by atoms with Crippen LogP contribution in [0.4, 0.5) is 0 Å². The second-order valence-electron chi connectivity index (χ2n) is 25.6. The molecule has 0 radical (unpaired) electrons. The second kappa shape index (κ2) is 63.7. The molecule has 0 heterocycles. The van der Waals surface area contributed by atoms with Crippen LogP contribution in [0.3, 0.4) is 0 Å². The van der Waals surface area contributed by atoms with Gasteiger partial charge in [0.2, 0.25) is 5.91 Å². The van der Waals surface area contributed by atoms with Crippen molar-refractivity contribution in [1.29, 1.82) is 0 Å². The molecule has 0 bridgehead atoms. The van der Waals surface area contributed by atoms with Gasteiger partial charge in [-0.1, -0.05) is 331 Å². The molecule has 0 aromatic rings. The first-order chi connectivity index (χ1) is 40.0. The van der Waals surface area contributed by atoms with Crippen LogP contribution in [-0.4, -0.2) is 73.4 Å². The predicted molar refractivity (Wildman–Crippen MR) is 360 cm³/mol. The number of aliphatic hydroxyl groups excluding tert-OH is 1. The molecule has 9 heteroatoms. The number of hydrogen-bond donors (Lipinski definition) is 3. The van der Waals surface area contributed by atoms with Gasteiger partial charge in [-0.15, -0.1) is 0 Å². The van der Waals surface area contributed by atoms with Crippen LogP contribution < -0.4 is 5.32 Å². The van der Waals surface area contributed by atoms with Gasteiger partial charge in [0, 0.05) is 6.42 Å². The van der Waals surface area contributed by atoms with Crippen molar-refractivity contribution in [1.82, 2.24) is 5.32 Å². The molecule has 0 spiro atoms. The Kier molecular flexibility index (Phi) is 62.3. The Morgan fingerprint density at radius 2 is 0.707 bits per heavy atom. The number of quaternary nitrogens is 1. The minimum atomic E-state index is -4.36. The van der Waals surface area contributed by atoms with E-state index in [1.165, 1.54) is 276 Å². The van der Waals surface area contributed by atoms with Crippen molar-refractivity contribution < 1.29 is 32.9 Å². The van der Waals surface area contributed by atoms with Crippen LogP contribution in [0.15, 0.2) is 60.8 Å². The SMILES string of the molecule is CCCCCCC/C=C\C/C=C\C/C=C\CCCCCCCCCCCCCCCCCCCCCCCCC(=O)NC(COP(=O)(O)OCC[N+](C)(C)C)C(O)/C=C/CC/C=C/CCCCCCCCCCCCCCCCCCC. The number of unbranched alkanes of at least 4 members (excludes halogenated alkanes) is 45. The first-order valence-electron chi connectivity index (χ1n) is 35.7. The molecule has 0 aromatic carbocycles. The van der Waals surface area contributed by atoms with Gasteiger partial charge in [-0.3, -0.25) is 13.8 Å². The molecule has 0 aliphatic rings. The van der Waals surface area contributed by atoms with Gasteiger partial charge in [0.15, 0.2) is 0 Å². The summed E-state index contributed by atoms with van der Waals surface area (Å²) in [7, 11) is 1.57. The summed E-state index contributed by atoms with van der Waals surface area (Å²) < 4.78 is 23.8. The average molecular weight is 1170 g/mol. The second-order valence-corrected chi connectivity index (χ2v) is 27.1. The standard InChI is InChI=1S/C73H139N2O6P/c1-6-8-10-12-14-16-18-20-22-24-26-28-30-31-32-33-34-35-36-37-38-39-40-41-42-43-45-47-49-51-53-55-57-59-61-63-65-67-73(77)74-71(70-81-82(78,79)80-69-68-75(3,4)5)72(76)66-64-62-60-58-56-54-52-50-48-46-44-29-27-25-23-21-19-17-15-13-11-9-7-2/h18,20,24,26,30-31,56,58,64,66,71-72,76H,6-17,19,21-23,25,27-29,32-55,57,59-63,65,67-70H2,1-5H3,(H-,74,77,78,79)/p+1/b20-18-,26-24-,31-30-,58-56+,66-64+. The van der Waals surface area contributed by atoms with Gasteiger partial charge in [-0.25, -0.2) is 4.57 Å². The molecule has 0 fully saturated rings. The lowest BCUT2D eigenvalue weighted by Gasteiger charge is -2.25. The number of rotatable bonds is 66. The molecule has 3 N–H and O–H groups in total. The van der Waals surface area contributed by atoms with Gasteiger partial charge >= 0.3 is 7.82 Å². The van der Waals surface area contributed by atoms with Crippen molar-refractivity contribution >= 4 is 13.7 Å². The number of allylic oxidation sites excluding steroid dienone is 9. The highest BCUT2D eigenvalue weighted by Gasteiger charge is 2.28. The van der Waals surface area contributed by atoms with Crippen LogP contribution in [0.5, 0.6) is 0 Å². The van der Waals surface area contributed by atoms with Gasteiger partial charge in [0.05, 0.1) is 39.9 Å². The minimum absolute atomic E-state index is 0.0568. The van der Waals surface area contributed by atoms with Crippen LogP contribution in [0.1, 0.15) is 348 Å². The first-order valence-corrected chi connectivity index (χ1v) is 37.2. The van der Waals surface area contributed by atoms with E-state index in [0.29, 0.717) is 17.4 Å². The third kappa shape index (κ3) is 65.7. The van der Waals surface area contributed by atoms with E-state index < -0.39 is 20.0 Å². The zero-order chi connectivity index (χ0) is 59.8. The van der Waals surface area contributed by atoms with E-state index in [4.69, 9.17) is 9.05 Å². The lowest BCUT2D eigenvalue weighted by Crippen LogP contribution is -2.45. The van der Waals surface area contributed by atoms with Crippen molar-refractivity contribution in [3.63, 3.8) is 0 Å². The molecule has 0 saturated carbocycles. The number of phosphoric ester groups is 1. The summed E-state index contributed by atoms with van der Waals surface area (Å²) in [6.45, 7) is 4.83. The Morgan fingerprint density at radius 3 is 1.06 bits per heavy atom.